The predicted molar refractivity (Wildman–Crippen MR) is 78.7 cm³/mol. The average Bonchev–Trinajstić information content (AvgIpc) is 2.95. The van der Waals surface area contributed by atoms with Crippen LogP contribution in [0.25, 0.3) is 0 Å². The lowest BCUT2D eigenvalue weighted by molar-refractivity contribution is 0.114. The molecule has 1 aliphatic heterocycles. The van der Waals surface area contributed by atoms with Gasteiger partial charge < -0.3 is 20.4 Å². The van der Waals surface area contributed by atoms with Crippen molar-refractivity contribution in [3.8, 4) is 0 Å². The summed E-state index contributed by atoms with van der Waals surface area (Å²) >= 11 is 0. The Kier molecular flexibility index (Phi) is 4.79. The number of nitrogens with zero attached hydrogens (tertiary/aromatic N) is 2. The molecule has 0 spiro atoms. The number of guanidine groups is 1. The van der Waals surface area contributed by atoms with Crippen molar-refractivity contribution in [3.63, 3.8) is 0 Å². The minimum Gasteiger partial charge on any atom is -0.376 e. The highest BCUT2D eigenvalue weighted by Gasteiger charge is 2.14. The van der Waals surface area contributed by atoms with E-state index in [4.69, 9.17) is 10.5 Å². The molecule has 1 fully saturated rings. The second-order valence-electron chi connectivity index (χ2n) is 5.08. The summed E-state index contributed by atoms with van der Waals surface area (Å²) in [5, 5.41) is 3.03. The molecule has 0 bridgehead atoms. The first-order valence-electron chi connectivity index (χ1n) is 6.89. The third-order valence-electron chi connectivity index (χ3n) is 3.59. The van der Waals surface area contributed by atoms with Crippen LogP contribution in [-0.4, -0.2) is 29.8 Å². The minimum absolute atomic E-state index is 0.0272. The molecule has 1 aromatic heterocycles. The van der Waals surface area contributed by atoms with Gasteiger partial charge in [-0.2, -0.15) is 0 Å². The van der Waals surface area contributed by atoms with Gasteiger partial charge in [0.2, 0.25) is 0 Å². The molecular formula is C14H22N4O2. The quantitative estimate of drug-likeness (QED) is 0.612. The normalized spacial score (nSPS) is 19.3. The maximum absolute atomic E-state index is 12.0. The number of aromatic nitrogens is 1. The SMILES string of the molecule is Cc1ccc(CN=C(N)NCC2CCCO2)c(=O)n1C. The van der Waals surface area contributed by atoms with Crippen LogP contribution in [0.3, 0.4) is 0 Å². The van der Waals surface area contributed by atoms with Gasteiger partial charge in [0, 0.05) is 31.5 Å². The smallest absolute Gasteiger partial charge is 0.255 e. The number of hydrogen-bond donors (Lipinski definition) is 2. The molecule has 1 aliphatic rings. The van der Waals surface area contributed by atoms with E-state index < -0.39 is 0 Å². The highest BCUT2D eigenvalue weighted by atomic mass is 16.5. The zero-order valence-electron chi connectivity index (χ0n) is 12.1. The summed E-state index contributed by atoms with van der Waals surface area (Å²) in [7, 11) is 1.75. The number of aryl methyl sites for hydroxylation is 1. The first-order valence-corrected chi connectivity index (χ1v) is 6.89. The molecule has 2 heterocycles. The van der Waals surface area contributed by atoms with Crippen LogP contribution < -0.4 is 16.6 Å². The fourth-order valence-electron chi connectivity index (χ4n) is 2.15. The monoisotopic (exact) mass is 278 g/mol. The number of ether oxygens (including phenoxy) is 1. The Labute approximate surface area is 118 Å². The number of hydrogen-bond acceptors (Lipinski definition) is 3. The van der Waals surface area contributed by atoms with Crippen LogP contribution in [0.2, 0.25) is 0 Å². The van der Waals surface area contributed by atoms with Gasteiger partial charge in [0.05, 0.1) is 12.6 Å². The Bertz CT molecular complexity index is 545. The maximum Gasteiger partial charge on any atom is 0.255 e. The van der Waals surface area contributed by atoms with E-state index in [1.54, 1.807) is 17.7 Å². The highest BCUT2D eigenvalue weighted by Crippen LogP contribution is 2.10. The van der Waals surface area contributed by atoms with E-state index in [2.05, 4.69) is 10.3 Å². The molecule has 2 rings (SSSR count). The van der Waals surface area contributed by atoms with Crippen molar-refractivity contribution in [1.29, 1.82) is 0 Å². The zero-order valence-corrected chi connectivity index (χ0v) is 12.1. The molecule has 6 heteroatoms. The van der Waals surface area contributed by atoms with E-state index in [0.29, 0.717) is 18.1 Å². The van der Waals surface area contributed by atoms with Crippen molar-refractivity contribution < 1.29 is 4.74 Å². The van der Waals surface area contributed by atoms with Crippen LogP contribution in [0.15, 0.2) is 21.9 Å². The average molecular weight is 278 g/mol. The van der Waals surface area contributed by atoms with Crippen LogP contribution in [0.4, 0.5) is 0 Å². The second kappa shape index (κ2) is 6.56. The molecule has 0 aliphatic carbocycles. The van der Waals surface area contributed by atoms with Gasteiger partial charge in [-0.25, -0.2) is 4.99 Å². The zero-order chi connectivity index (χ0) is 14.5. The van der Waals surface area contributed by atoms with Gasteiger partial charge in [-0.3, -0.25) is 4.79 Å². The van der Waals surface area contributed by atoms with E-state index in [-0.39, 0.29) is 18.2 Å². The summed E-state index contributed by atoms with van der Waals surface area (Å²) in [5.41, 5.74) is 7.33. The van der Waals surface area contributed by atoms with Gasteiger partial charge in [0.15, 0.2) is 5.96 Å². The molecule has 6 nitrogen and oxygen atoms in total. The van der Waals surface area contributed by atoms with Gasteiger partial charge in [-0.15, -0.1) is 0 Å². The Balaban J connectivity index is 1.91. The van der Waals surface area contributed by atoms with E-state index in [1.165, 1.54) is 0 Å². The largest absolute Gasteiger partial charge is 0.376 e. The standard InChI is InChI=1S/C14H22N4O2/c1-10-5-6-11(13(19)18(10)2)8-16-14(15)17-9-12-4-3-7-20-12/h5-6,12H,3-4,7-9H2,1-2H3,(H3,15,16,17). The maximum atomic E-state index is 12.0. The molecule has 20 heavy (non-hydrogen) atoms. The Hall–Kier alpha value is -1.82. The van der Waals surface area contributed by atoms with Gasteiger partial charge in [-0.05, 0) is 31.9 Å². The Morgan fingerprint density at radius 1 is 1.60 bits per heavy atom. The second-order valence-corrected chi connectivity index (χ2v) is 5.08. The molecule has 1 aromatic rings. The van der Waals surface area contributed by atoms with Crippen LogP contribution in [0.5, 0.6) is 0 Å². The van der Waals surface area contributed by atoms with E-state index in [0.717, 1.165) is 25.1 Å². The fourth-order valence-corrected chi connectivity index (χ4v) is 2.15. The van der Waals surface area contributed by atoms with Crippen LogP contribution in [-0.2, 0) is 18.3 Å². The Morgan fingerprint density at radius 2 is 2.40 bits per heavy atom. The topological polar surface area (TPSA) is 81.6 Å². The number of pyridine rings is 1. The molecule has 0 radical (unpaired) electrons. The van der Waals surface area contributed by atoms with Crippen molar-refractivity contribution in [2.45, 2.75) is 32.4 Å². The molecule has 0 saturated carbocycles. The number of aliphatic imine (C=N–C) groups is 1. The summed E-state index contributed by atoms with van der Waals surface area (Å²) in [6, 6.07) is 3.71. The third kappa shape index (κ3) is 3.60. The third-order valence-corrected chi connectivity index (χ3v) is 3.59. The van der Waals surface area contributed by atoms with E-state index >= 15 is 0 Å². The first kappa shape index (κ1) is 14.6. The summed E-state index contributed by atoms with van der Waals surface area (Å²) in [5.74, 6) is 0.350. The number of nitrogens with two attached hydrogens (primary N) is 1. The molecule has 110 valence electrons. The van der Waals surface area contributed by atoms with Crippen LogP contribution in [0.1, 0.15) is 24.1 Å². The molecule has 0 amide bonds. The predicted octanol–water partition coefficient (Wildman–Crippen LogP) is 0.277. The summed E-state index contributed by atoms with van der Waals surface area (Å²) in [4.78, 5) is 16.2. The number of nitrogens with one attached hydrogen (secondary N) is 1. The van der Waals surface area contributed by atoms with Crippen molar-refractivity contribution >= 4 is 5.96 Å². The molecule has 0 aromatic carbocycles. The van der Waals surface area contributed by atoms with Crippen LogP contribution >= 0.6 is 0 Å². The van der Waals surface area contributed by atoms with Gasteiger partial charge >= 0.3 is 0 Å². The molecular weight excluding hydrogens is 256 g/mol. The molecule has 3 N–H and O–H groups in total. The molecule has 1 unspecified atom stereocenters. The van der Waals surface area contributed by atoms with Gasteiger partial charge in [-0.1, -0.05) is 0 Å². The first-order chi connectivity index (χ1) is 9.58. The highest BCUT2D eigenvalue weighted by molar-refractivity contribution is 5.77. The van der Waals surface area contributed by atoms with Crippen molar-refractivity contribution in [3.05, 3.63) is 33.7 Å². The Morgan fingerprint density at radius 3 is 3.10 bits per heavy atom. The lowest BCUT2D eigenvalue weighted by Crippen LogP contribution is -2.37. The number of rotatable bonds is 4. The van der Waals surface area contributed by atoms with E-state index in [9.17, 15) is 4.79 Å². The summed E-state index contributed by atoms with van der Waals surface area (Å²) in [6.45, 7) is 3.67. The van der Waals surface area contributed by atoms with Crippen molar-refractivity contribution in [1.82, 2.24) is 9.88 Å². The summed E-state index contributed by atoms with van der Waals surface area (Å²) < 4.78 is 7.10. The molecule has 1 atom stereocenters. The fraction of sp³-hybridized carbons (Fsp3) is 0.571. The van der Waals surface area contributed by atoms with Crippen LogP contribution in [0, 0.1) is 6.92 Å². The molecule has 1 saturated heterocycles. The lowest BCUT2D eigenvalue weighted by Gasteiger charge is -2.11. The van der Waals surface area contributed by atoms with Gasteiger partial charge in [0.25, 0.3) is 5.56 Å². The minimum atomic E-state index is -0.0272. The van der Waals surface area contributed by atoms with Crippen molar-refractivity contribution in [2.75, 3.05) is 13.2 Å². The summed E-state index contributed by atoms with van der Waals surface area (Å²) in [6.07, 6.45) is 2.37. The van der Waals surface area contributed by atoms with Gasteiger partial charge in [0.1, 0.15) is 0 Å². The van der Waals surface area contributed by atoms with E-state index in [1.807, 2.05) is 13.0 Å². The lowest BCUT2D eigenvalue weighted by atomic mass is 10.2. The van der Waals surface area contributed by atoms with Crippen molar-refractivity contribution in [2.24, 2.45) is 17.8 Å².